The van der Waals surface area contributed by atoms with E-state index in [1.807, 2.05) is 0 Å². The van der Waals surface area contributed by atoms with E-state index in [1.54, 1.807) is 26.8 Å². The molecule has 1 amide bonds. The molecule has 0 radical (unpaired) electrons. The molecule has 11 heteroatoms. The molecule has 2 aromatic heterocycles. The van der Waals surface area contributed by atoms with Gasteiger partial charge in [-0.15, -0.1) is 0 Å². The van der Waals surface area contributed by atoms with E-state index in [0.29, 0.717) is 11.3 Å². The van der Waals surface area contributed by atoms with Gasteiger partial charge in [-0.25, -0.2) is 9.59 Å². The van der Waals surface area contributed by atoms with Gasteiger partial charge in [0, 0.05) is 17.8 Å². The van der Waals surface area contributed by atoms with Crippen LogP contribution in [-0.4, -0.2) is 56.0 Å². The highest BCUT2D eigenvalue weighted by Crippen LogP contribution is 2.34. The predicted molar refractivity (Wildman–Crippen MR) is 127 cm³/mol. The van der Waals surface area contributed by atoms with Gasteiger partial charge >= 0.3 is 11.9 Å². The number of nitrogens with one attached hydrogen (secondary N) is 2. The summed E-state index contributed by atoms with van der Waals surface area (Å²) in [6.07, 6.45) is 1.34. The lowest BCUT2D eigenvalue weighted by Crippen LogP contribution is -2.19. The van der Waals surface area contributed by atoms with Gasteiger partial charge in [-0.05, 0) is 38.5 Å². The van der Waals surface area contributed by atoms with Crippen LogP contribution in [-0.2, 0) is 9.47 Å². The smallest absolute Gasteiger partial charge is 0.340 e. The van der Waals surface area contributed by atoms with Gasteiger partial charge in [-0.1, -0.05) is 0 Å². The summed E-state index contributed by atoms with van der Waals surface area (Å²) in [7, 11) is 2.78. The van der Waals surface area contributed by atoms with Gasteiger partial charge in [-0.3, -0.25) is 9.59 Å². The maximum atomic E-state index is 13.0. The monoisotopic (exact) mass is 498 g/mol. The summed E-state index contributed by atoms with van der Waals surface area (Å²) in [4.78, 5) is 53.3. The first-order valence-corrected chi connectivity index (χ1v) is 10.9. The van der Waals surface area contributed by atoms with Crippen LogP contribution in [0.25, 0.3) is 0 Å². The SMILES string of the molecule is CCOC(=O)c1c(C)[nH]c(C(=O)COC(=O)c2cc(OC)c(OC)cc2NC(=O)c2ccco2)c1C. The number of Topliss-reactive ketones (excluding diaryl/α,β-unsaturated/α-hetero) is 1. The Kier molecular flexibility index (Phi) is 8.15. The molecule has 11 nitrogen and oxygen atoms in total. The van der Waals surface area contributed by atoms with E-state index in [-0.39, 0.29) is 46.4 Å². The van der Waals surface area contributed by atoms with Gasteiger partial charge in [0.05, 0.1) is 49.6 Å². The number of anilines is 1. The van der Waals surface area contributed by atoms with Crippen LogP contribution in [0.4, 0.5) is 5.69 Å². The highest BCUT2D eigenvalue weighted by atomic mass is 16.5. The highest BCUT2D eigenvalue weighted by molar-refractivity contribution is 6.08. The molecule has 0 spiro atoms. The van der Waals surface area contributed by atoms with Crippen LogP contribution in [0.1, 0.15) is 59.9 Å². The van der Waals surface area contributed by atoms with E-state index < -0.39 is 30.2 Å². The number of rotatable bonds is 10. The molecule has 0 unspecified atom stereocenters. The van der Waals surface area contributed by atoms with Crippen LogP contribution in [0, 0.1) is 13.8 Å². The summed E-state index contributed by atoms with van der Waals surface area (Å²) >= 11 is 0. The normalized spacial score (nSPS) is 10.5. The second-order valence-corrected chi connectivity index (χ2v) is 7.53. The first kappa shape index (κ1) is 26.1. The molecule has 3 aromatic rings. The molecule has 0 bridgehead atoms. The molecule has 0 aliphatic rings. The highest BCUT2D eigenvalue weighted by Gasteiger charge is 2.25. The minimum Gasteiger partial charge on any atom is -0.493 e. The lowest BCUT2D eigenvalue weighted by Gasteiger charge is -2.15. The van der Waals surface area contributed by atoms with Gasteiger partial charge in [0.2, 0.25) is 5.78 Å². The zero-order valence-electron chi connectivity index (χ0n) is 20.5. The molecule has 0 aliphatic carbocycles. The fourth-order valence-electron chi connectivity index (χ4n) is 3.56. The largest absolute Gasteiger partial charge is 0.493 e. The molecule has 3 rings (SSSR count). The number of methoxy groups -OCH3 is 2. The van der Waals surface area contributed by atoms with Crippen molar-refractivity contribution in [3.05, 3.63) is 64.4 Å². The van der Waals surface area contributed by atoms with Crippen molar-refractivity contribution in [3.63, 3.8) is 0 Å². The van der Waals surface area contributed by atoms with Crippen LogP contribution in [0.5, 0.6) is 11.5 Å². The maximum Gasteiger partial charge on any atom is 0.340 e. The van der Waals surface area contributed by atoms with Crippen molar-refractivity contribution in [2.75, 3.05) is 32.8 Å². The number of ketones is 1. The van der Waals surface area contributed by atoms with Gasteiger partial charge in [-0.2, -0.15) is 0 Å². The number of benzene rings is 1. The number of hydrogen-bond acceptors (Lipinski definition) is 9. The van der Waals surface area contributed by atoms with Gasteiger partial charge < -0.3 is 33.7 Å². The van der Waals surface area contributed by atoms with Gasteiger partial charge in [0.15, 0.2) is 23.9 Å². The lowest BCUT2D eigenvalue weighted by atomic mass is 10.1. The van der Waals surface area contributed by atoms with E-state index in [2.05, 4.69) is 10.3 Å². The third-order valence-corrected chi connectivity index (χ3v) is 5.27. The van der Waals surface area contributed by atoms with Crippen molar-refractivity contribution < 1.29 is 42.5 Å². The molecule has 190 valence electrons. The number of amides is 1. The Morgan fingerprint density at radius 3 is 2.31 bits per heavy atom. The quantitative estimate of drug-likeness (QED) is 0.315. The predicted octanol–water partition coefficient (Wildman–Crippen LogP) is 3.71. The topological polar surface area (TPSA) is 146 Å². The second kappa shape index (κ2) is 11.3. The van der Waals surface area contributed by atoms with E-state index in [4.69, 9.17) is 23.4 Å². The van der Waals surface area contributed by atoms with Gasteiger partial charge in [0.1, 0.15) is 0 Å². The molecule has 0 atom stereocenters. The third-order valence-electron chi connectivity index (χ3n) is 5.27. The van der Waals surface area contributed by atoms with E-state index >= 15 is 0 Å². The summed E-state index contributed by atoms with van der Waals surface area (Å²) < 4.78 is 25.9. The minimum absolute atomic E-state index is 0.0225. The first-order valence-electron chi connectivity index (χ1n) is 10.9. The van der Waals surface area contributed by atoms with E-state index in [9.17, 15) is 19.2 Å². The first-order chi connectivity index (χ1) is 17.2. The van der Waals surface area contributed by atoms with E-state index in [0.717, 1.165) is 0 Å². The number of aromatic nitrogens is 1. The molecular weight excluding hydrogens is 472 g/mol. The molecule has 0 saturated heterocycles. The Balaban J connectivity index is 1.83. The van der Waals surface area contributed by atoms with Crippen LogP contribution >= 0.6 is 0 Å². The minimum atomic E-state index is -0.898. The number of carbonyl (C=O) groups excluding carboxylic acids is 4. The molecule has 36 heavy (non-hydrogen) atoms. The molecular formula is C25H26N2O9. The van der Waals surface area contributed by atoms with Crippen molar-refractivity contribution >= 4 is 29.3 Å². The number of esters is 2. The van der Waals surface area contributed by atoms with Crippen LogP contribution in [0.2, 0.25) is 0 Å². The fourth-order valence-corrected chi connectivity index (χ4v) is 3.56. The Labute approximate surface area is 206 Å². The Hall–Kier alpha value is -4.54. The maximum absolute atomic E-state index is 13.0. The Bertz CT molecular complexity index is 1290. The molecule has 1 aromatic carbocycles. The third kappa shape index (κ3) is 5.40. The number of ether oxygens (including phenoxy) is 4. The number of aryl methyl sites for hydroxylation is 1. The molecule has 2 N–H and O–H groups in total. The van der Waals surface area contributed by atoms with Crippen LogP contribution in [0.15, 0.2) is 34.9 Å². The fraction of sp³-hybridized carbons (Fsp3) is 0.280. The number of hydrogen-bond donors (Lipinski definition) is 2. The standard InChI is InChI=1S/C25H26N2O9/c1-6-34-25(31)21-13(2)22(26-14(21)3)17(28)12-36-24(30)15-10-19(32-4)20(33-5)11-16(15)27-23(29)18-8-7-9-35-18/h7-11,26H,6,12H2,1-5H3,(H,27,29). The second-order valence-electron chi connectivity index (χ2n) is 7.53. The number of furan rings is 1. The summed E-state index contributed by atoms with van der Waals surface area (Å²) in [5.74, 6) is -2.13. The molecule has 0 saturated carbocycles. The summed E-state index contributed by atoms with van der Waals surface area (Å²) in [6.45, 7) is 4.48. The average Bonchev–Trinajstić information content (AvgIpc) is 3.50. The summed E-state index contributed by atoms with van der Waals surface area (Å²) in [5.41, 5.74) is 1.22. The molecule has 0 aliphatic heterocycles. The van der Waals surface area contributed by atoms with Crippen molar-refractivity contribution in [1.82, 2.24) is 4.98 Å². The average molecular weight is 498 g/mol. The molecule has 2 heterocycles. The Morgan fingerprint density at radius 2 is 1.69 bits per heavy atom. The van der Waals surface area contributed by atoms with Crippen molar-refractivity contribution in [1.29, 1.82) is 0 Å². The Morgan fingerprint density at radius 1 is 1.00 bits per heavy atom. The van der Waals surface area contributed by atoms with Crippen LogP contribution in [0.3, 0.4) is 0 Å². The summed E-state index contributed by atoms with van der Waals surface area (Å²) in [5, 5.41) is 2.57. The van der Waals surface area contributed by atoms with Crippen molar-refractivity contribution in [2.24, 2.45) is 0 Å². The van der Waals surface area contributed by atoms with Crippen molar-refractivity contribution in [3.8, 4) is 11.5 Å². The number of carbonyl (C=O) groups is 4. The van der Waals surface area contributed by atoms with Crippen LogP contribution < -0.4 is 14.8 Å². The van der Waals surface area contributed by atoms with Crippen molar-refractivity contribution in [2.45, 2.75) is 20.8 Å². The summed E-state index contributed by atoms with van der Waals surface area (Å²) in [6, 6.07) is 5.72. The zero-order chi connectivity index (χ0) is 26.4. The zero-order valence-corrected chi connectivity index (χ0v) is 20.5. The lowest BCUT2D eigenvalue weighted by molar-refractivity contribution is 0.0472. The van der Waals surface area contributed by atoms with E-state index in [1.165, 1.54) is 38.7 Å². The number of H-pyrrole nitrogens is 1. The molecule has 0 fully saturated rings. The van der Waals surface area contributed by atoms with Gasteiger partial charge in [0.25, 0.3) is 5.91 Å². The number of aromatic amines is 1.